The summed E-state index contributed by atoms with van der Waals surface area (Å²) >= 11 is 0. The average molecular weight is 257 g/mol. The van der Waals surface area contributed by atoms with Gasteiger partial charge < -0.3 is 16.0 Å². The van der Waals surface area contributed by atoms with Gasteiger partial charge in [0, 0.05) is 11.8 Å². The van der Waals surface area contributed by atoms with Crippen molar-refractivity contribution in [1.29, 1.82) is 0 Å². The van der Waals surface area contributed by atoms with Crippen molar-refractivity contribution in [3.63, 3.8) is 0 Å². The van der Waals surface area contributed by atoms with Crippen LogP contribution < -0.4 is 16.6 Å². The minimum atomic E-state index is -0.343. The van der Waals surface area contributed by atoms with E-state index in [0.717, 1.165) is 12.0 Å². The molecular formula is C14H15N3O2. The molecular weight excluding hydrogens is 242 g/mol. The molecule has 1 heterocycles. The monoisotopic (exact) mass is 257 g/mol. The number of anilines is 1. The van der Waals surface area contributed by atoms with Crippen LogP contribution in [-0.2, 0) is 6.42 Å². The van der Waals surface area contributed by atoms with Gasteiger partial charge in [-0.3, -0.25) is 9.59 Å². The van der Waals surface area contributed by atoms with Gasteiger partial charge in [-0.15, -0.1) is 0 Å². The SMILES string of the molecule is NCCc1ccc(NC(=O)c2cccc(=O)[nH]2)cc1. The molecule has 5 heteroatoms. The van der Waals surface area contributed by atoms with Crippen molar-refractivity contribution < 1.29 is 4.79 Å². The summed E-state index contributed by atoms with van der Waals surface area (Å²) in [5.74, 6) is -0.343. The summed E-state index contributed by atoms with van der Waals surface area (Å²) in [4.78, 5) is 25.5. The molecule has 5 nitrogen and oxygen atoms in total. The summed E-state index contributed by atoms with van der Waals surface area (Å²) in [6, 6.07) is 11.9. The first-order valence-electron chi connectivity index (χ1n) is 5.99. The van der Waals surface area contributed by atoms with Gasteiger partial charge in [-0.25, -0.2) is 0 Å². The van der Waals surface area contributed by atoms with E-state index in [1.54, 1.807) is 6.07 Å². The topological polar surface area (TPSA) is 88.0 Å². The maximum absolute atomic E-state index is 11.9. The van der Waals surface area contributed by atoms with Crippen molar-refractivity contribution in [3.8, 4) is 0 Å². The molecule has 0 atom stereocenters. The van der Waals surface area contributed by atoms with Crippen LogP contribution in [0, 0.1) is 0 Å². The number of benzene rings is 1. The van der Waals surface area contributed by atoms with Crippen molar-refractivity contribution in [3.05, 3.63) is 64.1 Å². The smallest absolute Gasteiger partial charge is 0.272 e. The number of hydrogen-bond acceptors (Lipinski definition) is 3. The number of rotatable bonds is 4. The third kappa shape index (κ3) is 3.53. The number of nitrogens with two attached hydrogens (primary N) is 1. The third-order valence-electron chi connectivity index (χ3n) is 2.66. The highest BCUT2D eigenvalue weighted by Gasteiger charge is 2.06. The second-order valence-electron chi connectivity index (χ2n) is 4.12. The molecule has 0 bridgehead atoms. The maximum atomic E-state index is 11.9. The Hall–Kier alpha value is -2.40. The zero-order valence-corrected chi connectivity index (χ0v) is 10.3. The van der Waals surface area contributed by atoms with Crippen LogP contribution in [-0.4, -0.2) is 17.4 Å². The molecule has 1 aromatic carbocycles. The van der Waals surface area contributed by atoms with E-state index >= 15 is 0 Å². The third-order valence-corrected chi connectivity index (χ3v) is 2.66. The molecule has 0 aliphatic rings. The number of carbonyl (C=O) groups is 1. The lowest BCUT2D eigenvalue weighted by Gasteiger charge is -2.06. The van der Waals surface area contributed by atoms with Crippen molar-refractivity contribution >= 4 is 11.6 Å². The minimum absolute atomic E-state index is 0.235. The van der Waals surface area contributed by atoms with Gasteiger partial charge in [-0.1, -0.05) is 18.2 Å². The number of carbonyl (C=O) groups excluding carboxylic acids is 1. The fourth-order valence-corrected chi connectivity index (χ4v) is 1.70. The molecule has 0 unspecified atom stereocenters. The molecule has 2 aromatic rings. The zero-order valence-electron chi connectivity index (χ0n) is 10.3. The Labute approximate surface area is 110 Å². The number of nitrogens with one attached hydrogen (secondary N) is 2. The molecule has 1 amide bonds. The van der Waals surface area contributed by atoms with Crippen LogP contribution in [0.2, 0.25) is 0 Å². The predicted octanol–water partition coefficient (Wildman–Crippen LogP) is 1.13. The molecule has 0 saturated heterocycles. The molecule has 0 aliphatic carbocycles. The van der Waals surface area contributed by atoms with E-state index in [4.69, 9.17) is 5.73 Å². The molecule has 4 N–H and O–H groups in total. The highest BCUT2D eigenvalue weighted by Crippen LogP contribution is 2.10. The van der Waals surface area contributed by atoms with Crippen LogP contribution in [0.3, 0.4) is 0 Å². The van der Waals surface area contributed by atoms with Crippen LogP contribution >= 0.6 is 0 Å². The number of aromatic amines is 1. The van der Waals surface area contributed by atoms with E-state index in [0.29, 0.717) is 12.2 Å². The first-order chi connectivity index (χ1) is 9.19. The van der Waals surface area contributed by atoms with Gasteiger partial charge in [0.05, 0.1) is 0 Å². The number of hydrogen-bond donors (Lipinski definition) is 3. The molecule has 2 rings (SSSR count). The number of aromatic nitrogens is 1. The van der Waals surface area contributed by atoms with Gasteiger partial charge in [0.1, 0.15) is 5.69 Å². The number of H-pyrrole nitrogens is 1. The quantitative estimate of drug-likeness (QED) is 0.767. The fraction of sp³-hybridized carbons (Fsp3) is 0.143. The lowest BCUT2D eigenvalue weighted by molar-refractivity contribution is 0.102. The fourth-order valence-electron chi connectivity index (χ4n) is 1.70. The maximum Gasteiger partial charge on any atom is 0.272 e. The second-order valence-corrected chi connectivity index (χ2v) is 4.12. The van der Waals surface area contributed by atoms with Crippen molar-refractivity contribution in [1.82, 2.24) is 4.98 Å². The Balaban J connectivity index is 2.08. The molecule has 0 aliphatic heterocycles. The summed E-state index contributed by atoms with van der Waals surface area (Å²) in [6.07, 6.45) is 0.806. The lowest BCUT2D eigenvalue weighted by Crippen LogP contribution is -2.17. The highest BCUT2D eigenvalue weighted by atomic mass is 16.2. The second kappa shape index (κ2) is 5.97. The summed E-state index contributed by atoms with van der Waals surface area (Å²) < 4.78 is 0. The van der Waals surface area contributed by atoms with Crippen LogP contribution in [0.4, 0.5) is 5.69 Å². The normalized spacial score (nSPS) is 10.2. The Morgan fingerprint density at radius 1 is 1.16 bits per heavy atom. The van der Waals surface area contributed by atoms with E-state index in [1.165, 1.54) is 12.1 Å². The standard InChI is InChI=1S/C14H15N3O2/c15-9-8-10-4-6-11(7-5-10)16-14(19)12-2-1-3-13(18)17-12/h1-7H,8-9,15H2,(H,16,19)(H,17,18). The van der Waals surface area contributed by atoms with Crippen molar-refractivity contribution in [2.24, 2.45) is 5.73 Å². The van der Waals surface area contributed by atoms with Gasteiger partial charge in [0.2, 0.25) is 5.56 Å². The molecule has 98 valence electrons. The van der Waals surface area contributed by atoms with Gasteiger partial charge in [0.25, 0.3) is 5.91 Å². The van der Waals surface area contributed by atoms with Gasteiger partial charge in [0.15, 0.2) is 0 Å². The van der Waals surface area contributed by atoms with Crippen LogP contribution in [0.15, 0.2) is 47.3 Å². The zero-order chi connectivity index (χ0) is 13.7. The first-order valence-corrected chi connectivity index (χ1v) is 5.99. The van der Waals surface area contributed by atoms with Gasteiger partial charge in [-0.2, -0.15) is 0 Å². The minimum Gasteiger partial charge on any atom is -0.330 e. The summed E-state index contributed by atoms with van der Waals surface area (Å²) in [5, 5.41) is 2.71. The van der Waals surface area contributed by atoms with E-state index in [2.05, 4.69) is 10.3 Å². The van der Waals surface area contributed by atoms with Gasteiger partial charge >= 0.3 is 0 Å². The largest absolute Gasteiger partial charge is 0.330 e. The number of amides is 1. The average Bonchev–Trinajstić information content (AvgIpc) is 2.41. The van der Waals surface area contributed by atoms with Crippen LogP contribution in [0.1, 0.15) is 16.1 Å². The highest BCUT2D eigenvalue weighted by molar-refractivity contribution is 6.02. The molecule has 0 fully saturated rings. The van der Waals surface area contributed by atoms with Crippen LogP contribution in [0.5, 0.6) is 0 Å². The predicted molar refractivity (Wildman–Crippen MR) is 74.2 cm³/mol. The van der Waals surface area contributed by atoms with E-state index in [-0.39, 0.29) is 17.2 Å². The van der Waals surface area contributed by atoms with E-state index in [1.807, 2.05) is 24.3 Å². The number of pyridine rings is 1. The van der Waals surface area contributed by atoms with Crippen molar-refractivity contribution in [2.45, 2.75) is 6.42 Å². The molecule has 0 saturated carbocycles. The van der Waals surface area contributed by atoms with Crippen LogP contribution in [0.25, 0.3) is 0 Å². The van der Waals surface area contributed by atoms with E-state index in [9.17, 15) is 9.59 Å². The Morgan fingerprint density at radius 2 is 1.89 bits per heavy atom. The Morgan fingerprint density at radius 3 is 2.53 bits per heavy atom. The van der Waals surface area contributed by atoms with Gasteiger partial charge in [-0.05, 0) is 36.7 Å². The summed E-state index contributed by atoms with van der Waals surface area (Å²) in [5.41, 5.74) is 7.20. The summed E-state index contributed by atoms with van der Waals surface area (Å²) in [7, 11) is 0. The lowest BCUT2D eigenvalue weighted by atomic mass is 10.1. The Kier molecular flexibility index (Phi) is 4.10. The van der Waals surface area contributed by atoms with Crippen molar-refractivity contribution in [2.75, 3.05) is 11.9 Å². The summed E-state index contributed by atoms with van der Waals surface area (Å²) in [6.45, 7) is 0.594. The molecule has 0 radical (unpaired) electrons. The molecule has 1 aromatic heterocycles. The van der Waals surface area contributed by atoms with E-state index < -0.39 is 0 Å². The Bertz CT molecular complexity index is 617. The molecule has 19 heavy (non-hydrogen) atoms. The molecule has 0 spiro atoms. The first kappa shape index (κ1) is 13.0.